The van der Waals surface area contributed by atoms with E-state index in [-0.39, 0.29) is 12.3 Å². The van der Waals surface area contributed by atoms with Gasteiger partial charge in [0.15, 0.2) is 5.82 Å². The van der Waals surface area contributed by atoms with Gasteiger partial charge in [-0.15, -0.1) is 0 Å². The minimum absolute atomic E-state index is 0.00722. The Bertz CT molecular complexity index is 1030. The van der Waals surface area contributed by atoms with E-state index in [0.29, 0.717) is 26.2 Å². The van der Waals surface area contributed by atoms with Gasteiger partial charge in [-0.05, 0) is 31.5 Å². The number of aliphatic hydroxyl groups is 1. The summed E-state index contributed by atoms with van der Waals surface area (Å²) in [4.78, 5) is 26.1. The quantitative estimate of drug-likeness (QED) is 0.742. The van der Waals surface area contributed by atoms with Gasteiger partial charge >= 0.3 is 0 Å². The molecule has 3 aromatic rings. The Kier molecular flexibility index (Phi) is 5.45. The number of aryl methyl sites for hydroxylation is 1. The first-order valence-electron chi connectivity index (χ1n) is 10.1. The number of rotatable bonds is 4. The molecule has 1 amide bonds. The molecule has 1 fully saturated rings. The normalized spacial score (nSPS) is 15.6. The van der Waals surface area contributed by atoms with Gasteiger partial charge in [0.05, 0.1) is 18.0 Å². The highest BCUT2D eigenvalue weighted by Gasteiger charge is 2.24. The van der Waals surface area contributed by atoms with E-state index in [4.69, 9.17) is 9.97 Å². The average Bonchev–Trinajstić information content (AvgIpc) is 2.73. The van der Waals surface area contributed by atoms with Crippen LogP contribution < -0.4 is 4.90 Å². The number of amides is 1. The van der Waals surface area contributed by atoms with Crippen molar-refractivity contribution in [2.75, 3.05) is 31.1 Å². The topological polar surface area (TPSA) is 69.6 Å². The van der Waals surface area contributed by atoms with Crippen LogP contribution in [0.3, 0.4) is 0 Å². The molecule has 0 unspecified atom stereocenters. The molecule has 1 aromatic heterocycles. The summed E-state index contributed by atoms with van der Waals surface area (Å²) in [5.41, 5.74) is 3.09. The maximum Gasteiger partial charge on any atom is 0.225 e. The molecule has 0 radical (unpaired) electrons. The van der Waals surface area contributed by atoms with E-state index in [1.54, 1.807) is 6.92 Å². The molecule has 0 saturated carbocycles. The van der Waals surface area contributed by atoms with Crippen LogP contribution in [0, 0.1) is 6.92 Å². The third kappa shape index (κ3) is 4.07. The van der Waals surface area contributed by atoms with E-state index >= 15 is 0 Å². The molecule has 0 aliphatic carbocycles. The number of nitrogens with zero attached hydrogens (tertiary/aromatic N) is 4. The maximum absolute atomic E-state index is 12.3. The number of hydrogen-bond donors (Lipinski definition) is 1. The van der Waals surface area contributed by atoms with Crippen molar-refractivity contribution < 1.29 is 9.90 Å². The molecule has 1 saturated heterocycles. The molecular weight excluding hydrogens is 364 g/mol. The Morgan fingerprint density at radius 2 is 1.72 bits per heavy atom. The first-order chi connectivity index (χ1) is 14.0. The summed E-state index contributed by atoms with van der Waals surface area (Å²) in [6.07, 6.45) is -0.434. The number of carbonyl (C=O) groups is 1. The van der Waals surface area contributed by atoms with Crippen molar-refractivity contribution in [3.63, 3.8) is 0 Å². The molecule has 1 atom stereocenters. The van der Waals surface area contributed by atoms with Crippen molar-refractivity contribution in [1.82, 2.24) is 14.9 Å². The van der Waals surface area contributed by atoms with E-state index in [1.165, 1.54) is 0 Å². The van der Waals surface area contributed by atoms with Crippen LogP contribution >= 0.6 is 0 Å². The lowest BCUT2D eigenvalue weighted by molar-refractivity contribution is -0.133. The highest BCUT2D eigenvalue weighted by atomic mass is 16.3. The number of carbonyl (C=O) groups excluding carboxylic acids is 1. The summed E-state index contributed by atoms with van der Waals surface area (Å²) < 4.78 is 0. The number of anilines is 1. The van der Waals surface area contributed by atoms with Crippen LogP contribution in [0.4, 0.5) is 5.82 Å². The lowest BCUT2D eigenvalue weighted by Gasteiger charge is -2.36. The zero-order valence-electron chi connectivity index (χ0n) is 16.9. The summed E-state index contributed by atoms with van der Waals surface area (Å²) in [5.74, 6) is 1.65. The molecule has 0 bridgehead atoms. The fraction of sp³-hybridized carbons (Fsp3) is 0.348. The first kappa shape index (κ1) is 19.3. The fourth-order valence-electron chi connectivity index (χ4n) is 3.79. The van der Waals surface area contributed by atoms with E-state index in [2.05, 4.69) is 30.0 Å². The Balaban J connectivity index is 1.65. The van der Waals surface area contributed by atoms with Crippen molar-refractivity contribution in [3.8, 4) is 11.4 Å². The van der Waals surface area contributed by atoms with Gasteiger partial charge in [0.2, 0.25) is 5.91 Å². The lowest BCUT2D eigenvalue weighted by atomic mass is 10.1. The molecule has 1 N–H and O–H groups in total. The predicted molar refractivity (Wildman–Crippen MR) is 115 cm³/mol. The molecule has 4 rings (SSSR count). The van der Waals surface area contributed by atoms with Gasteiger partial charge < -0.3 is 14.9 Å². The summed E-state index contributed by atoms with van der Waals surface area (Å²) in [6.45, 7) is 6.39. The van der Waals surface area contributed by atoms with Gasteiger partial charge in [-0.3, -0.25) is 4.79 Å². The molecule has 6 heteroatoms. The highest BCUT2D eigenvalue weighted by Crippen LogP contribution is 2.29. The minimum atomic E-state index is -0.608. The number of fused-ring (bicyclic) bond motifs is 1. The smallest absolute Gasteiger partial charge is 0.225 e. The van der Waals surface area contributed by atoms with E-state index < -0.39 is 6.10 Å². The van der Waals surface area contributed by atoms with Gasteiger partial charge in [-0.1, -0.05) is 36.4 Å². The van der Waals surface area contributed by atoms with Gasteiger partial charge in [-0.2, -0.15) is 0 Å². The third-order valence-electron chi connectivity index (χ3n) is 5.37. The van der Waals surface area contributed by atoms with Gasteiger partial charge in [0.25, 0.3) is 0 Å². The maximum atomic E-state index is 12.3. The monoisotopic (exact) mass is 390 g/mol. The van der Waals surface area contributed by atoms with Crippen molar-refractivity contribution in [1.29, 1.82) is 0 Å². The summed E-state index contributed by atoms with van der Waals surface area (Å²) >= 11 is 0. The molecule has 6 nitrogen and oxygen atoms in total. The molecule has 0 spiro atoms. The van der Waals surface area contributed by atoms with Crippen molar-refractivity contribution >= 4 is 22.6 Å². The first-order valence-corrected chi connectivity index (χ1v) is 10.1. The molecular formula is C23H26N4O2. The highest BCUT2D eigenvalue weighted by molar-refractivity contribution is 5.91. The molecule has 2 aromatic carbocycles. The number of benzene rings is 2. The Morgan fingerprint density at radius 1 is 1.03 bits per heavy atom. The Hall–Kier alpha value is -2.99. The molecule has 1 aliphatic heterocycles. The molecule has 2 heterocycles. The molecule has 29 heavy (non-hydrogen) atoms. The van der Waals surface area contributed by atoms with Crippen molar-refractivity contribution in [3.05, 3.63) is 54.1 Å². The van der Waals surface area contributed by atoms with Gasteiger partial charge in [-0.25, -0.2) is 9.97 Å². The number of para-hydroxylation sites is 1. The summed E-state index contributed by atoms with van der Waals surface area (Å²) in [5, 5.41) is 10.5. The van der Waals surface area contributed by atoms with Crippen molar-refractivity contribution in [2.45, 2.75) is 26.4 Å². The number of aliphatic hydroxyl groups excluding tert-OH is 1. The Morgan fingerprint density at radius 3 is 2.45 bits per heavy atom. The second kappa shape index (κ2) is 8.17. The van der Waals surface area contributed by atoms with E-state index in [0.717, 1.165) is 33.7 Å². The number of aromatic nitrogens is 2. The second-order valence-corrected chi connectivity index (χ2v) is 7.62. The van der Waals surface area contributed by atoms with Crippen LogP contribution in [0.25, 0.3) is 22.3 Å². The second-order valence-electron chi connectivity index (χ2n) is 7.62. The standard InChI is InChI=1S/C23H26N4O2/c1-16-7-3-4-8-18(16)22-24-20-10-6-5-9-19(20)23(25-22)27-13-11-26(12-14-27)21(29)15-17(2)28/h3-10,17,28H,11-15H2,1-2H3/t17-/m1/s1. The van der Waals surface area contributed by atoms with Crippen LogP contribution in [0.1, 0.15) is 18.9 Å². The molecule has 150 valence electrons. The van der Waals surface area contributed by atoms with E-state index in [9.17, 15) is 9.90 Å². The lowest BCUT2D eigenvalue weighted by Crippen LogP contribution is -2.49. The zero-order valence-corrected chi connectivity index (χ0v) is 16.9. The van der Waals surface area contributed by atoms with Crippen LogP contribution in [-0.2, 0) is 4.79 Å². The summed E-state index contributed by atoms with van der Waals surface area (Å²) in [7, 11) is 0. The number of piperazine rings is 1. The Labute approximate surface area is 170 Å². The van der Waals surface area contributed by atoms with Crippen LogP contribution in [-0.4, -0.2) is 58.2 Å². The predicted octanol–water partition coefficient (Wildman–Crippen LogP) is 3.02. The van der Waals surface area contributed by atoms with Gasteiger partial charge in [0.1, 0.15) is 5.82 Å². The molecule has 1 aliphatic rings. The zero-order chi connectivity index (χ0) is 20.4. The SMILES string of the molecule is Cc1ccccc1-c1nc(N2CCN(C(=O)C[C@@H](C)O)CC2)c2ccccc2n1. The minimum Gasteiger partial charge on any atom is -0.393 e. The fourth-order valence-corrected chi connectivity index (χ4v) is 3.79. The number of hydrogen-bond acceptors (Lipinski definition) is 5. The van der Waals surface area contributed by atoms with E-state index in [1.807, 2.05) is 35.2 Å². The third-order valence-corrected chi connectivity index (χ3v) is 5.37. The van der Waals surface area contributed by atoms with Crippen molar-refractivity contribution in [2.24, 2.45) is 0 Å². The van der Waals surface area contributed by atoms with Crippen LogP contribution in [0.15, 0.2) is 48.5 Å². The largest absolute Gasteiger partial charge is 0.393 e. The van der Waals surface area contributed by atoms with Crippen LogP contribution in [0.5, 0.6) is 0 Å². The summed E-state index contributed by atoms with van der Waals surface area (Å²) in [6, 6.07) is 16.2. The van der Waals surface area contributed by atoms with Crippen LogP contribution in [0.2, 0.25) is 0 Å². The van der Waals surface area contributed by atoms with Gasteiger partial charge in [0, 0.05) is 37.1 Å². The average molecular weight is 390 g/mol.